The molecule has 2 amide bonds. The van der Waals surface area contributed by atoms with E-state index in [1.165, 1.54) is 0 Å². The third kappa shape index (κ3) is 5.78. The van der Waals surface area contributed by atoms with Crippen LogP contribution in [0, 0.1) is 0 Å². The Kier molecular flexibility index (Phi) is 7.73. The third-order valence-corrected chi connectivity index (χ3v) is 6.91. The van der Waals surface area contributed by atoms with Gasteiger partial charge in [0.05, 0.1) is 22.8 Å². The molecule has 0 unspecified atom stereocenters. The first-order valence-corrected chi connectivity index (χ1v) is 11.5. The van der Waals surface area contributed by atoms with Gasteiger partial charge >= 0.3 is 6.03 Å². The number of carbonyl (C=O) groups excluding carboxylic acids is 1. The van der Waals surface area contributed by atoms with Crippen molar-refractivity contribution in [3.8, 4) is 0 Å². The van der Waals surface area contributed by atoms with Gasteiger partial charge in [-0.25, -0.2) is 4.79 Å². The van der Waals surface area contributed by atoms with Crippen LogP contribution in [0.5, 0.6) is 0 Å². The van der Waals surface area contributed by atoms with Crippen molar-refractivity contribution in [1.29, 1.82) is 0 Å². The van der Waals surface area contributed by atoms with Gasteiger partial charge in [0.15, 0.2) is 0 Å². The largest absolute Gasteiger partial charge is 0.381 e. The molecular weight excluding hydrogens is 427 g/mol. The van der Waals surface area contributed by atoms with E-state index in [9.17, 15) is 4.79 Å². The molecule has 1 N–H and O–H groups in total. The van der Waals surface area contributed by atoms with Gasteiger partial charge in [-0.15, -0.1) is 0 Å². The lowest BCUT2D eigenvalue weighted by Gasteiger charge is -2.42. The average molecular weight is 457 g/mol. The van der Waals surface area contributed by atoms with Gasteiger partial charge in [-0.2, -0.15) is 0 Å². The number of urea groups is 1. The van der Waals surface area contributed by atoms with E-state index in [1.54, 1.807) is 18.2 Å². The first-order chi connectivity index (χ1) is 14.6. The van der Waals surface area contributed by atoms with Crippen molar-refractivity contribution in [3.63, 3.8) is 0 Å². The number of morpholine rings is 1. The van der Waals surface area contributed by atoms with Crippen LogP contribution in [0.3, 0.4) is 0 Å². The van der Waals surface area contributed by atoms with E-state index in [0.717, 1.165) is 65.4 Å². The lowest BCUT2D eigenvalue weighted by atomic mass is 10.1. The summed E-state index contributed by atoms with van der Waals surface area (Å²) in [5.41, 5.74) is 0.653. The summed E-state index contributed by atoms with van der Waals surface area (Å²) < 4.78 is 11.5. The fraction of sp³-hybridized carbons (Fsp3) is 0.667. The molecule has 1 aromatic rings. The van der Waals surface area contributed by atoms with Gasteiger partial charge in [0.2, 0.25) is 0 Å². The van der Waals surface area contributed by atoms with E-state index < -0.39 is 0 Å². The lowest BCUT2D eigenvalue weighted by molar-refractivity contribution is -0.0733. The molecule has 0 bridgehead atoms. The third-order valence-electron chi connectivity index (χ3n) is 6.17. The number of amides is 2. The predicted octanol–water partition coefficient (Wildman–Crippen LogP) is 3.02. The monoisotopic (exact) mass is 456 g/mol. The normalized spacial score (nSPS) is 24.7. The minimum absolute atomic E-state index is 0.104. The van der Waals surface area contributed by atoms with Gasteiger partial charge in [-0.1, -0.05) is 23.2 Å². The zero-order valence-electron chi connectivity index (χ0n) is 17.2. The van der Waals surface area contributed by atoms with E-state index in [1.807, 2.05) is 4.90 Å². The van der Waals surface area contributed by atoms with E-state index in [0.29, 0.717) is 34.9 Å². The number of piperazine rings is 1. The van der Waals surface area contributed by atoms with E-state index in [-0.39, 0.29) is 12.1 Å². The van der Waals surface area contributed by atoms with Crippen molar-refractivity contribution in [3.05, 3.63) is 28.2 Å². The molecular formula is C21H30Cl2N4O3. The molecule has 0 aromatic heterocycles. The van der Waals surface area contributed by atoms with Crippen LogP contribution in [0.2, 0.25) is 10.0 Å². The molecule has 0 radical (unpaired) electrons. The number of hydrogen-bond acceptors (Lipinski definition) is 5. The summed E-state index contributed by atoms with van der Waals surface area (Å²) >= 11 is 12.0. The zero-order chi connectivity index (χ0) is 20.9. The maximum Gasteiger partial charge on any atom is 0.321 e. The van der Waals surface area contributed by atoms with Crippen LogP contribution in [0.1, 0.15) is 12.8 Å². The summed E-state index contributed by atoms with van der Waals surface area (Å²) in [5.74, 6) is 0. The zero-order valence-corrected chi connectivity index (χ0v) is 18.7. The molecule has 3 aliphatic rings. The molecule has 3 saturated heterocycles. The highest BCUT2D eigenvalue weighted by molar-refractivity contribution is 6.42. The number of nitrogens with zero attached hydrogens (tertiary/aromatic N) is 3. The second-order valence-corrected chi connectivity index (χ2v) is 8.99. The van der Waals surface area contributed by atoms with Crippen molar-refractivity contribution in [1.82, 2.24) is 14.7 Å². The SMILES string of the molecule is O=C(Nc1ccc(Cl)c(Cl)c1)N1CCN(C[C@H]2CN(C3CCOCC3)CCO2)CC1. The highest BCUT2D eigenvalue weighted by Crippen LogP contribution is 2.25. The first-order valence-electron chi connectivity index (χ1n) is 10.8. The Bertz CT molecular complexity index is 724. The van der Waals surface area contributed by atoms with Gasteiger partial charge in [0.25, 0.3) is 0 Å². The molecule has 4 rings (SSSR count). The molecule has 0 spiro atoms. The number of benzene rings is 1. The number of hydrogen-bond donors (Lipinski definition) is 1. The van der Waals surface area contributed by atoms with Crippen LogP contribution in [0.25, 0.3) is 0 Å². The summed E-state index contributed by atoms with van der Waals surface area (Å²) in [4.78, 5) is 19.4. The molecule has 1 aromatic carbocycles. The van der Waals surface area contributed by atoms with E-state index >= 15 is 0 Å². The molecule has 166 valence electrons. The number of rotatable bonds is 4. The molecule has 1 atom stereocenters. The average Bonchev–Trinajstić information content (AvgIpc) is 2.77. The predicted molar refractivity (Wildman–Crippen MR) is 119 cm³/mol. The standard InChI is InChI=1S/C21H30Cl2N4O3/c22-19-2-1-16(13-20(19)23)24-21(28)26-7-5-25(6-8-26)14-18-15-27(9-12-30-18)17-3-10-29-11-4-17/h1-2,13,17-18H,3-12,14-15H2,(H,24,28)/t18-/m0/s1. The maximum atomic E-state index is 12.6. The Morgan fingerprint density at radius 3 is 2.53 bits per heavy atom. The Hall–Kier alpha value is -1.09. The second kappa shape index (κ2) is 10.5. The highest BCUT2D eigenvalue weighted by atomic mass is 35.5. The fourth-order valence-electron chi connectivity index (χ4n) is 4.43. The molecule has 7 nitrogen and oxygen atoms in total. The van der Waals surface area contributed by atoms with Gasteiger partial charge in [-0.3, -0.25) is 9.80 Å². The highest BCUT2D eigenvalue weighted by Gasteiger charge is 2.30. The molecule has 0 saturated carbocycles. The summed E-state index contributed by atoms with van der Waals surface area (Å²) in [6, 6.07) is 5.64. The van der Waals surface area contributed by atoms with Crippen molar-refractivity contribution in [2.75, 3.05) is 71.0 Å². The molecule has 3 aliphatic heterocycles. The van der Waals surface area contributed by atoms with Crippen LogP contribution in [0.4, 0.5) is 10.5 Å². The summed E-state index contributed by atoms with van der Waals surface area (Å²) in [6.45, 7) is 8.57. The summed E-state index contributed by atoms with van der Waals surface area (Å²) in [5, 5.41) is 3.81. The smallest absolute Gasteiger partial charge is 0.321 e. The van der Waals surface area contributed by atoms with Crippen molar-refractivity contribution in [2.45, 2.75) is 25.0 Å². The van der Waals surface area contributed by atoms with Crippen LogP contribution in [0.15, 0.2) is 18.2 Å². The van der Waals surface area contributed by atoms with Crippen LogP contribution >= 0.6 is 23.2 Å². The maximum absolute atomic E-state index is 12.6. The van der Waals surface area contributed by atoms with Gasteiger partial charge in [-0.05, 0) is 31.0 Å². The minimum Gasteiger partial charge on any atom is -0.381 e. The van der Waals surface area contributed by atoms with Crippen LogP contribution < -0.4 is 5.32 Å². The van der Waals surface area contributed by atoms with E-state index in [2.05, 4.69) is 15.1 Å². The topological polar surface area (TPSA) is 57.3 Å². The quantitative estimate of drug-likeness (QED) is 0.754. The minimum atomic E-state index is -0.104. The first kappa shape index (κ1) is 22.1. The molecule has 30 heavy (non-hydrogen) atoms. The number of ether oxygens (including phenoxy) is 2. The molecule has 0 aliphatic carbocycles. The Labute approximate surface area is 188 Å². The van der Waals surface area contributed by atoms with Crippen molar-refractivity contribution >= 4 is 34.9 Å². The van der Waals surface area contributed by atoms with Crippen molar-refractivity contribution in [2.24, 2.45) is 0 Å². The van der Waals surface area contributed by atoms with Crippen molar-refractivity contribution < 1.29 is 14.3 Å². The Morgan fingerprint density at radius 2 is 1.80 bits per heavy atom. The summed E-state index contributed by atoms with van der Waals surface area (Å²) in [6.07, 6.45) is 2.48. The van der Waals surface area contributed by atoms with Gasteiger partial charge in [0, 0.05) is 70.8 Å². The van der Waals surface area contributed by atoms with Crippen LogP contribution in [-0.4, -0.2) is 98.5 Å². The second-order valence-electron chi connectivity index (χ2n) is 8.18. The fourth-order valence-corrected chi connectivity index (χ4v) is 4.73. The molecule has 9 heteroatoms. The van der Waals surface area contributed by atoms with E-state index in [4.69, 9.17) is 32.7 Å². The molecule has 3 fully saturated rings. The number of nitrogens with one attached hydrogen (secondary N) is 1. The number of anilines is 1. The Balaban J connectivity index is 1.21. The molecule has 3 heterocycles. The lowest BCUT2D eigenvalue weighted by Crippen LogP contribution is -2.55. The van der Waals surface area contributed by atoms with Gasteiger partial charge in [0.1, 0.15) is 0 Å². The van der Waals surface area contributed by atoms with Gasteiger partial charge < -0.3 is 19.7 Å². The number of carbonyl (C=O) groups is 1. The van der Waals surface area contributed by atoms with Crippen LogP contribution in [-0.2, 0) is 9.47 Å². The summed E-state index contributed by atoms with van der Waals surface area (Å²) in [7, 11) is 0. The Morgan fingerprint density at radius 1 is 1.03 bits per heavy atom. The number of halogens is 2.